The van der Waals surface area contributed by atoms with E-state index in [1.54, 1.807) is 6.20 Å². The zero-order valence-corrected chi connectivity index (χ0v) is 10.4. The first-order valence-electron chi connectivity index (χ1n) is 6.21. The molecule has 1 aromatic carbocycles. The van der Waals surface area contributed by atoms with E-state index in [0.29, 0.717) is 13.2 Å². The highest BCUT2D eigenvalue weighted by molar-refractivity contribution is 5.82. The molecule has 1 unspecified atom stereocenters. The van der Waals surface area contributed by atoms with Gasteiger partial charge in [0.15, 0.2) is 6.10 Å². The Hall–Kier alpha value is -2.20. The Labute approximate surface area is 111 Å². The molecule has 96 valence electrons. The number of ether oxygens (including phenoxy) is 1. The van der Waals surface area contributed by atoms with Crippen molar-refractivity contribution in [1.29, 1.82) is 0 Å². The van der Waals surface area contributed by atoms with Crippen LogP contribution in [-0.4, -0.2) is 23.6 Å². The molecule has 1 fully saturated rings. The number of carbonyl (C=O) groups is 1. The van der Waals surface area contributed by atoms with Gasteiger partial charge in [0.05, 0.1) is 6.61 Å². The van der Waals surface area contributed by atoms with Gasteiger partial charge in [-0.15, -0.1) is 0 Å². The van der Waals surface area contributed by atoms with Gasteiger partial charge in [-0.2, -0.15) is 0 Å². The number of epoxide rings is 1. The van der Waals surface area contributed by atoms with Gasteiger partial charge in [0.2, 0.25) is 0 Å². The number of amides is 1. The van der Waals surface area contributed by atoms with Crippen LogP contribution < -0.4 is 5.32 Å². The quantitative estimate of drug-likeness (QED) is 0.846. The van der Waals surface area contributed by atoms with Gasteiger partial charge in [0.1, 0.15) is 0 Å². The Morgan fingerprint density at radius 1 is 1.26 bits per heavy atom. The standard InChI is InChI=1S/C15H14N2O2/c18-15(14-10-19-14)17-8-11-3-5-12(6-4-11)13-2-1-7-16-9-13/h1-7,9,14H,8,10H2,(H,17,18). The number of aromatic nitrogens is 1. The SMILES string of the molecule is O=C(NCc1ccc(-c2cccnc2)cc1)C1CO1. The van der Waals surface area contributed by atoms with E-state index >= 15 is 0 Å². The van der Waals surface area contributed by atoms with Crippen LogP contribution in [0.2, 0.25) is 0 Å². The Kier molecular flexibility index (Phi) is 3.25. The second-order valence-corrected chi connectivity index (χ2v) is 4.48. The first-order chi connectivity index (χ1) is 9.33. The summed E-state index contributed by atoms with van der Waals surface area (Å²) in [5, 5.41) is 2.84. The molecule has 1 aromatic heterocycles. The van der Waals surface area contributed by atoms with Crippen LogP contribution in [0.5, 0.6) is 0 Å². The average molecular weight is 254 g/mol. The number of nitrogens with zero attached hydrogens (tertiary/aromatic N) is 1. The van der Waals surface area contributed by atoms with Gasteiger partial charge in [-0.1, -0.05) is 30.3 Å². The topological polar surface area (TPSA) is 54.5 Å². The number of carbonyl (C=O) groups excluding carboxylic acids is 1. The van der Waals surface area contributed by atoms with Crippen molar-refractivity contribution in [1.82, 2.24) is 10.3 Å². The number of hydrogen-bond donors (Lipinski definition) is 1. The van der Waals surface area contributed by atoms with Crippen LogP contribution in [0.15, 0.2) is 48.8 Å². The molecule has 1 aliphatic rings. The Bertz CT molecular complexity index is 562. The molecule has 1 aliphatic heterocycles. The first-order valence-corrected chi connectivity index (χ1v) is 6.21. The minimum absolute atomic E-state index is 0.0312. The molecule has 1 N–H and O–H groups in total. The van der Waals surface area contributed by atoms with E-state index in [1.165, 1.54) is 0 Å². The van der Waals surface area contributed by atoms with Gasteiger partial charge in [0.25, 0.3) is 5.91 Å². The van der Waals surface area contributed by atoms with E-state index in [2.05, 4.69) is 10.3 Å². The average Bonchev–Trinajstić information content (AvgIpc) is 3.31. The fourth-order valence-corrected chi connectivity index (χ4v) is 1.85. The van der Waals surface area contributed by atoms with Crippen LogP contribution in [0.1, 0.15) is 5.56 Å². The summed E-state index contributed by atoms with van der Waals surface area (Å²) in [7, 11) is 0. The molecule has 1 saturated heterocycles. The third-order valence-electron chi connectivity index (χ3n) is 3.04. The fourth-order valence-electron chi connectivity index (χ4n) is 1.85. The molecule has 2 heterocycles. The van der Waals surface area contributed by atoms with E-state index in [-0.39, 0.29) is 12.0 Å². The van der Waals surface area contributed by atoms with Crippen LogP contribution >= 0.6 is 0 Å². The van der Waals surface area contributed by atoms with Crippen molar-refractivity contribution >= 4 is 5.91 Å². The lowest BCUT2D eigenvalue weighted by atomic mass is 10.1. The summed E-state index contributed by atoms with van der Waals surface area (Å²) in [5.41, 5.74) is 3.28. The molecular formula is C15H14N2O2. The summed E-state index contributed by atoms with van der Waals surface area (Å²) in [6.45, 7) is 1.08. The molecule has 4 nitrogen and oxygen atoms in total. The zero-order valence-electron chi connectivity index (χ0n) is 10.4. The Balaban J connectivity index is 1.64. The van der Waals surface area contributed by atoms with Crippen molar-refractivity contribution in [2.24, 2.45) is 0 Å². The maximum Gasteiger partial charge on any atom is 0.251 e. The van der Waals surface area contributed by atoms with Crippen LogP contribution in [-0.2, 0) is 16.1 Å². The molecular weight excluding hydrogens is 240 g/mol. The molecule has 0 bridgehead atoms. The van der Waals surface area contributed by atoms with Crippen LogP contribution in [0, 0.1) is 0 Å². The summed E-state index contributed by atoms with van der Waals surface area (Å²) < 4.78 is 4.92. The van der Waals surface area contributed by atoms with Crippen LogP contribution in [0.4, 0.5) is 0 Å². The lowest BCUT2D eigenvalue weighted by Gasteiger charge is -2.05. The number of rotatable bonds is 4. The van der Waals surface area contributed by atoms with Gasteiger partial charge < -0.3 is 10.1 Å². The summed E-state index contributed by atoms with van der Waals surface area (Å²) in [6.07, 6.45) is 3.36. The number of pyridine rings is 1. The molecule has 19 heavy (non-hydrogen) atoms. The highest BCUT2D eigenvalue weighted by atomic mass is 16.6. The molecule has 3 rings (SSSR count). The maximum absolute atomic E-state index is 11.4. The predicted octanol–water partition coefficient (Wildman–Crippen LogP) is 1.76. The Morgan fingerprint density at radius 3 is 2.68 bits per heavy atom. The van der Waals surface area contributed by atoms with Crippen molar-refractivity contribution < 1.29 is 9.53 Å². The highest BCUT2D eigenvalue weighted by Gasteiger charge is 2.30. The summed E-state index contributed by atoms with van der Waals surface area (Å²) in [6, 6.07) is 12.0. The largest absolute Gasteiger partial charge is 0.363 e. The van der Waals surface area contributed by atoms with Crippen molar-refractivity contribution in [3.63, 3.8) is 0 Å². The lowest BCUT2D eigenvalue weighted by Crippen LogP contribution is -2.27. The molecule has 0 spiro atoms. The Morgan fingerprint density at radius 2 is 2.05 bits per heavy atom. The van der Waals surface area contributed by atoms with E-state index < -0.39 is 0 Å². The molecule has 0 radical (unpaired) electrons. The third-order valence-corrected chi connectivity index (χ3v) is 3.04. The van der Waals surface area contributed by atoms with Crippen molar-refractivity contribution in [3.8, 4) is 11.1 Å². The van der Waals surface area contributed by atoms with E-state index in [1.807, 2.05) is 42.6 Å². The van der Waals surface area contributed by atoms with E-state index in [4.69, 9.17) is 4.74 Å². The molecule has 0 aliphatic carbocycles. The smallest absolute Gasteiger partial charge is 0.251 e. The van der Waals surface area contributed by atoms with Crippen molar-refractivity contribution in [2.75, 3.05) is 6.61 Å². The van der Waals surface area contributed by atoms with Crippen molar-refractivity contribution in [2.45, 2.75) is 12.6 Å². The van der Waals surface area contributed by atoms with Crippen molar-refractivity contribution in [3.05, 3.63) is 54.4 Å². The third kappa shape index (κ3) is 2.98. The predicted molar refractivity (Wildman–Crippen MR) is 71.3 cm³/mol. The zero-order chi connectivity index (χ0) is 13.1. The maximum atomic E-state index is 11.4. The minimum Gasteiger partial charge on any atom is -0.363 e. The lowest BCUT2D eigenvalue weighted by molar-refractivity contribution is -0.122. The molecule has 1 atom stereocenters. The molecule has 4 heteroatoms. The number of benzene rings is 1. The summed E-state index contributed by atoms with van der Waals surface area (Å²) in [4.78, 5) is 15.5. The van der Waals surface area contributed by atoms with Crippen LogP contribution in [0.3, 0.4) is 0 Å². The minimum atomic E-state index is -0.227. The van der Waals surface area contributed by atoms with Crippen LogP contribution in [0.25, 0.3) is 11.1 Å². The second kappa shape index (κ2) is 5.20. The summed E-state index contributed by atoms with van der Waals surface area (Å²) in [5.74, 6) is -0.0312. The normalized spacial score (nSPS) is 16.9. The van der Waals surface area contributed by atoms with E-state index in [9.17, 15) is 4.79 Å². The number of nitrogens with one attached hydrogen (secondary N) is 1. The fraction of sp³-hybridized carbons (Fsp3) is 0.200. The molecule has 2 aromatic rings. The van der Waals surface area contributed by atoms with Gasteiger partial charge in [0, 0.05) is 18.9 Å². The van der Waals surface area contributed by atoms with Gasteiger partial charge in [-0.05, 0) is 22.8 Å². The monoisotopic (exact) mass is 254 g/mol. The first kappa shape index (κ1) is 11.9. The molecule has 1 amide bonds. The number of hydrogen-bond acceptors (Lipinski definition) is 3. The second-order valence-electron chi connectivity index (χ2n) is 4.48. The molecule has 0 saturated carbocycles. The van der Waals surface area contributed by atoms with Gasteiger partial charge >= 0.3 is 0 Å². The summed E-state index contributed by atoms with van der Waals surface area (Å²) >= 11 is 0. The highest BCUT2D eigenvalue weighted by Crippen LogP contribution is 2.18. The van der Waals surface area contributed by atoms with Gasteiger partial charge in [-0.25, -0.2) is 0 Å². The van der Waals surface area contributed by atoms with Gasteiger partial charge in [-0.3, -0.25) is 9.78 Å². The van der Waals surface area contributed by atoms with E-state index in [0.717, 1.165) is 16.7 Å².